The van der Waals surface area contributed by atoms with E-state index in [2.05, 4.69) is 26.3 Å². The van der Waals surface area contributed by atoms with Crippen molar-refractivity contribution in [2.75, 3.05) is 19.8 Å². The van der Waals surface area contributed by atoms with Gasteiger partial charge in [-0.15, -0.1) is 0 Å². The molecule has 0 unspecified atom stereocenters. The molecule has 0 radical (unpaired) electrons. The van der Waals surface area contributed by atoms with Gasteiger partial charge in [0.2, 0.25) is 0 Å². The van der Waals surface area contributed by atoms with Crippen molar-refractivity contribution in [3.63, 3.8) is 0 Å². The first kappa shape index (κ1) is 12.7. The van der Waals surface area contributed by atoms with E-state index in [4.69, 9.17) is 4.74 Å². The lowest BCUT2D eigenvalue weighted by atomic mass is 10.3. The quantitative estimate of drug-likeness (QED) is 0.802. The average molecular weight is 276 g/mol. The topological polar surface area (TPSA) is 39.1 Å². The second kappa shape index (κ2) is 6.25. The van der Waals surface area contributed by atoms with Gasteiger partial charge in [0.15, 0.2) is 0 Å². The van der Waals surface area contributed by atoms with E-state index in [0.29, 0.717) is 0 Å². The Bertz CT molecular complexity index is 312. The third-order valence-corrected chi connectivity index (χ3v) is 3.21. The minimum absolute atomic E-state index is 0.755. The Morgan fingerprint density at radius 2 is 2.27 bits per heavy atom. The number of aromatic nitrogens is 2. The Morgan fingerprint density at radius 1 is 1.53 bits per heavy atom. The van der Waals surface area contributed by atoms with E-state index in [1.807, 2.05) is 25.6 Å². The van der Waals surface area contributed by atoms with E-state index in [-0.39, 0.29) is 0 Å². The smallest absolute Gasteiger partial charge is 0.0739 e. The summed E-state index contributed by atoms with van der Waals surface area (Å²) in [6, 6.07) is 0. The molecule has 0 aliphatic heterocycles. The molecule has 1 heterocycles. The van der Waals surface area contributed by atoms with Crippen LogP contribution in [0.3, 0.4) is 0 Å². The molecule has 1 aromatic heterocycles. The average Bonchev–Trinajstić information content (AvgIpc) is 2.44. The van der Waals surface area contributed by atoms with Crippen LogP contribution in [0.15, 0.2) is 4.47 Å². The van der Waals surface area contributed by atoms with Gasteiger partial charge in [-0.1, -0.05) is 0 Å². The molecule has 0 spiro atoms. The molecule has 4 nitrogen and oxygen atoms in total. The summed E-state index contributed by atoms with van der Waals surface area (Å²) in [5.41, 5.74) is 2.20. The summed E-state index contributed by atoms with van der Waals surface area (Å²) in [4.78, 5) is 0. The van der Waals surface area contributed by atoms with Gasteiger partial charge in [0, 0.05) is 26.7 Å². The molecule has 86 valence electrons. The molecule has 15 heavy (non-hydrogen) atoms. The fraction of sp³-hybridized carbons (Fsp3) is 0.700. The van der Waals surface area contributed by atoms with Crippen LogP contribution in [-0.4, -0.2) is 29.5 Å². The van der Waals surface area contributed by atoms with Crippen LogP contribution >= 0.6 is 15.9 Å². The van der Waals surface area contributed by atoms with Crippen molar-refractivity contribution >= 4 is 15.9 Å². The fourth-order valence-electron chi connectivity index (χ4n) is 1.37. The van der Waals surface area contributed by atoms with Crippen molar-refractivity contribution < 1.29 is 4.74 Å². The molecule has 0 fully saturated rings. The van der Waals surface area contributed by atoms with Gasteiger partial charge in [0.25, 0.3) is 0 Å². The van der Waals surface area contributed by atoms with E-state index in [9.17, 15) is 0 Å². The minimum atomic E-state index is 0.755. The molecule has 0 aromatic carbocycles. The lowest BCUT2D eigenvalue weighted by Crippen LogP contribution is -2.21. The van der Waals surface area contributed by atoms with Gasteiger partial charge in [-0.2, -0.15) is 5.10 Å². The zero-order valence-electron chi connectivity index (χ0n) is 9.51. The first-order chi connectivity index (χ1) is 7.16. The molecule has 5 heteroatoms. The predicted octanol–water partition coefficient (Wildman–Crippen LogP) is 1.62. The van der Waals surface area contributed by atoms with Crippen molar-refractivity contribution in [3.05, 3.63) is 15.9 Å². The highest BCUT2D eigenvalue weighted by molar-refractivity contribution is 9.10. The van der Waals surface area contributed by atoms with E-state index < -0.39 is 0 Å². The van der Waals surface area contributed by atoms with Crippen LogP contribution < -0.4 is 5.32 Å². The summed E-state index contributed by atoms with van der Waals surface area (Å²) in [6.07, 6.45) is 0. The van der Waals surface area contributed by atoms with Gasteiger partial charge in [-0.25, -0.2) is 0 Å². The summed E-state index contributed by atoms with van der Waals surface area (Å²) >= 11 is 3.53. The fourth-order valence-corrected chi connectivity index (χ4v) is 1.84. The summed E-state index contributed by atoms with van der Waals surface area (Å²) < 4.78 is 8.23. The summed E-state index contributed by atoms with van der Waals surface area (Å²) in [5, 5.41) is 7.64. The first-order valence-corrected chi connectivity index (χ1v) is 5.92. The van der Waals surface area contributed by atoms with Crippen LogP contribution in [0, 0.1) is 6.92 Å². The zero-order valence-corrected chi connectivity index (χ0v) is 11.1. The molecule has 1 rings (SSSR count). The monoisotopic (exact) mass is 275 g/mol. The number of halogens is 1. The van der Waals surface area contributed by atoms with E-state index in [0.717, 1.165) is 36.5 Å². The molecule has 1 aromatic rings. The van der Waals surface area contributed by atoms with Crippen LogP contribution in [0.1, 0.15) is 18.3 Å². The highest BCUT2D eigenvalue weighted by Crippen LogP contribution is 2.19. The van der Waals surface area contributed by atoms with Crippen molar-refractivity contribution in [1.29, 1.82) is 0 Å². The van der Waals surface area contributed by atoms with E-state index >= 15 is 0 Å². The number of hydrogen-bond donors (Lipinski definition) is 1. The molecule has 0 saturated carbocycles. The highest BCUT2D eigenvalue weighted by Gasteiger charge is 2.09. The molecule has 0 atom stereocenters. The number of ether oxygens (including phenoxy) is 1. The Hall–Kier alpha value is -0.390. The lowest BCUT2D eigenvalue weighted by molar-refractivity contribution is 0.149. The Balaban J connectivity index is 2.37. The second-order valence-electron chi connectivity index (χ2n) is 3.34. The Labute approximate surface area is 99.1 Å². The molecule has 0 aliphatic carbocycles. The Morgan fingerprint density at radius 3 is 2.80 bits per heavy atom. The van der Waals surface area contributed by atoms with Crippen LogP contribution in [0.2, 0.25) is 0 Å². The second-order valence-corrected chi connectivity index (χ2v) is 4.14. The number of rotatable bonds is 6. The number of nitrogens with one attached hydrogen (secondary N) is 1. The SMILES string of the molecule is CCOCCNCc1c(Br)c(C)nn1C. The van der Waals surface area contributed by atoms with Gasteiger partial charge >= 0.3 is 0 Å². The normalized spacial score (nSPS) is 10.9. The highest BCUT2D eigenvalue weighted by atomic mass is 79.9. The maximum Gasteiger partial charge on any atom is 0.0739 e. The first-order valence-electron chi connectivity index (χ1n) is 5.13. The maximum absolute atomic E-state index is 5.24. The van der Waals surface area contributed by atoms with Crippen LogP contribution in [0.5, 0.6) is 0 Å². The summed E-state index contributed by atoms with van der Waals surface area (Å²) in [5.74, 6) is 0. The lowest BCUT2D eigenvalue weighted by Gasteiger charge is -2.05. The standard InChI is InChI=1S/C10H18BrN3O/c1-4-15-6-5-12-7-9-10(11)8(2)13-14(9)3/h12H,4-7H2,1-3H3. The van der Waals surface area contributed by atoms with Crippen molar-refractivity contribution in [2.45, 2.75) is 20.4 Å². The number of nitrogens with zero attached hydrogens (tertiary/aromatic N) is 2. The van der Waals surface area contributed by atoms with Gasteiger partial charge in [-0.3, -0.25) is 4.68 Å². The van der Waals surface area contributed by atoms with Gasteiger partial charge < -0.3 is 10.1 Å². The van der Waals surface area contributed by atoms with Crippen molar-refractivity contribution in [2.24, 2.45) is 7.05 Å². The van der Waals surface area contributed by atoms with Crippen molar-refractivity contribution in [3.8, 4) is 0 Å². The molecule has 1 N–H and O–H groups in total. The van der Waals surface area contributed by atoms with Crippen LogP contribution in [0.4, 0.5) is 0 Å². The molecule has 0 bridgehead atoms. The minimum Gasteiger partial charge on any atom is -0.380 e. The zero-order chi connectivity index (χ0) is 11.3. The van der Waals surface area contributed by atoms with Gasteiger partial charge in [0.05, 0.1) is 22.5 Å². The van der Waals surface area contributed by atoms with Crippen LogP contribution in [-0.2, 0) is 18.3 Å². The summed E-state index contributed by atoms with van der Waals surface area (Å²) in [7, 11) is 1.96. The van der Waals surface area contributed by atoms with E-state index in [1.165, 1.54) is 5.69 Å². The van der Waals surface area contributed by atoms with Crippen LogP contribution in [0.25, 0.3) is 0 Å². The third kappa shape index (κ3) is 3.59. The molecule has 0 aliphatic rings. The van der Waals surface area contributed by atoms with Gasteiger partial charge in [0.1, 0.15) is 0 Å². The van der Waals surface area contributed by atoms with E-state index in [1.54, 1.807) is 0 Å². The van der Waals surface area contributed by atoms with Crippen molar-refractivity contribution in [1.82, 2.24) is 15.1 Å². The van der Waals surface area contributed by atoms with Gasteiger partial charge in [-0.05, 0) is 29.8 Å². The third-order valence-electron chi connectivity index (χ3n) is 2.18. The number of hydrogen-bond acceptors (Lipinski definition) is 3. The molecule has 0 saturated heterocycles. The largest absolute Gasteiger partial charge is 0.380 e. The molecule has 0 amide bonds. The molecular weight excluding hydrogens is 258 g/mol. The molecular formula is C10H18BrN3O. The predicted molar refractivity (Wildman–Crippen MR) is 63.8 cm³/mol. The number of aryl methyl sites for hydroxylation is 2. The Kier molecular flexibility index (Phi) is 5.28. The maximum atomic E-state index is 5.24. The summed E-state index contributed by atoms with van der Waals surface area (Å²) in [6.45, 7) is 7.20.